The van der Waals surface area contributed by atoms with Crippen LogP contribution in [0, 0.1) is 0 Å². The van der Waals surface area contributed by atoms with Gasteiger partial charge in [-0.15, -0.1) is 0 Å². The topological polar surface area (TPSA) is 74.3 Å². The number of fused-ring (bicyclic) bond motifs is 1. The quantitative estimate of drug-likeness (QED) is 0.558. The minimum absolute atomic E-state index is 0.126. The molecule has 0 saturated heterocycles. The van der Waals surface area contributed by atoms with E-state index in [2.05, 4.69) is 30.2 Å². The van der Waals surface area contributed by atoms with Gasteiger partial charge in [0.05, 0.1) is 13.2 Å². The number of aromatic amines is 1. The first-order valence-electron chi connectivity index (χ1n) is 9.56. The van der Waals surface area contributed by atoms with Gasteiger partial charge >= 0.3 is 0 Å². The van der Waals surface area contributed by atoms with E-state index in [1.54, 1.807) is 13.2 Å². The highest BCUT2D eigenvalue weighted by atomic mass is 16.5. The Morgan fingerprint density at radius 2 is 1.93 bits per heavy atom. The molecule has 5 heteroatoms. The first-order chi connectivity index (χ1) is 13.4. The standard InChI is InChI=1S/C23H28N2O3/c1-23(2,13-12-16-6-4-5-7-21(16)28-3)24-15-20(26)18-8-10-19-17(14-18)9-11-22(27)25-19/h4-11,14,20,24,26H,12-13,15H2,1-3H3,(H,25,27). The zero-order valence-corrected chi connectivity index (χ0v) is 16.7. The summed E-state index contributed by atoms with van der Waals surface area (Å²) < 4.78 is 5.43. The third-order valence-electron chi connectivity index (χ3n) is 5.12. The number of para-hydroxylation sites is 1. The van der Waals surface area contributed by atoms with Gasteiger partial charge in [-0.3, -0.25) is 4.79 Å². The molecule has 0 aliphatic rings. The van der Waals surface area contributed by atoms with Crippen molar-refractivity contribution in [3.8, 4) is 5.75 Å². The predicted molar refractivity (Wildman–Crippen MR) is 113 cm³/mol. The number of nitrogens with one attached hydrogen (secondary N) is 2. The maximum Gasteiger partial charge on any atom is 0.248 e. The number of methoxy groups -OCH3 is 1. The summed E-state index contributed by atoms with van der Waals surface area (Å²) in [5.74, 6) is 0.910. The molecule has 1 atom stereocenters. The summed E-state index contributed by atoms with van der Waals surface area (Å²) in [5.41, 5.74) is 2.52. The van der Waals surface area contributed by atoms with Crippen LogP contribution in [0.1, 0.15) is 37.5 Å². The summed E-state index contributed by atoms with van der Waals surface area (Å²) >= 11 is 0. The minimum atomic E-state index is -0.623. The number of hydrogen-bond acceptors (Lipinski definition) is 4. The summed E-state index contributed by atoms with van der Waals surface area (Å²) in [6.45, 7) is 4.73. The smallest absolute Gasteiger partial charge is 0.248 e. The second kappa shape index (κ2) is 8.59. The molecule has 0 aliphatic heterocycles. The Bertz CT molecular complexity index is 994. The number of ether oxygens (including phenoxy) is 1. The van der Waals surface area contributed by atoms with E-state index >= 15 is 0 Å². The van der Waals surface area contributed by atoms with Gasteiger partial charge in [-0.2, -0.15) is 0 Å². The molecule has 1 aromatic heterocycles. The fourth-order valence-corrected chi connectivity index (χ4v) is 3.32. The molecular weight excluding hydrogens is 352 g/mol. The Hall–Kier alpha value is -2.63. The minimum Gasteiger partial charge on any atom is -0.496 e. The van der Waals surface area contributed by atoms with Crippen molar-refractivity contribution in [2.24, 2.45) is 0 Å². The van der Waals surface area contributed by atoms with E-state index < -0.39 is 6.10 Å². The Balaban J connectivity index is 1.60. The number of β-amino-alcohol motifs (C(OH)–C–C–N with tert-alkyl or cyclic N) is 1. The van der Waals surface area contributed by atoms with Gasteiger partial charge in [0.15, 0.2) is 0 Å². The van der Waals surface area contributed by atoms with Crippen LogP contribution in [-0.2, 0) is 6.42 Å². The molecule has 0 radical (unpaired) electrons. The molecule has 3 N–H and O–H groups in total. The molecule has 3 rings (SSSR count). The van der Waals surface area contributed by atoms with Crippen LogP contribution in [0.5, 0.6) is 5.75 Å². The maximum absolute atomic E-state index is 11.4. The van der Waals surface area contributed by atoms with Gasteiger partial charge in [-0.05, 0) is 67.5 Å². The number of H-pyrrole nitrogens is 1. The number of aryl methyl sites for hydroxylation is 1. The van der Waals surface area contributed by atoms with E-state index in [1.165, 1.54) is 11.6 Å². The number of hydrogen-bond donors (Lipinski definition) is 3. The second-order valence-corrected chi connectivity index (χ2v) is 7.76. The molecule has 1 heterocycles. The number of aliphatic hydroxyl groups is 1. The van der Waals surface area contributed by atoms with Gasteiger partial charge < -0.3 is 20.1 Å². The van der Waals surface area contributed by atoms with Crippen molar-refractivity contribution < 1.29 is 9.84 Å². The lowest BCUT2D eigenvalue weighted by molar-refractivity contribution is 0.159. The molecule has 3 aromatic rings. The van der Waals surface area contributed by atoms with Crippen molar-refractivity contribution >= 4 is 10.9 Å². The number of pyridine rings is 1. The maximum atomic E-state index is 11.4. The van der Waals surface area contributed by atoms with Crippen molar-refractivity contribution in [2.75, 3.05) is 13.7 Å². The van der Waals surface area contributed by atoms with Crippen molar-refractivity contribution in [1.82, 2.24) is 10.3 Å². The highest BCUT2D eigenvalue weighted by Gasteiger charge is 2.20. The Labute approximate surface area is 165 Å². The van der Waals surface area contributed by atoms with E-state index in [4.69, 9.17) is 4.74 Å². The monoisotopic (exact) mass is 380 g/mol. The number of rotatable bonds is 8. The van der Waals surface area contributed by atoms with Crippen LogP contribution in [0.25, 0.3) is 10.9 Å². The summed E-state index contributed by atoms with van der Waals surface area (Å²) in [6, 6.07) is 16.9. The van der Waals surface area contributed by atoms with Crippen LogP contribution in [0.4, 0.5) is 0 Å². The molecule has 1 unspecified atom stereocenters. The number of aliphatic hydroxyl groups excluding tert-OH is 1. The van der Waals surface area contributed by atoms with Gasteiger partial charge in [-0.25, -0.2) is 0 Å². The van der Waals surface area contributed by atoms with Crippen LogP contribution >= 0.6 is 0 Å². The lowest BCUT2D eigenvalue weighted by Crippen LogP contribution is -2.42. The highest BCUT2D eigenvalue weighted by molar-refractivity contribution is 5.79. The predicted octanol–water partition coefficient (Wildman–Crippen LogP) is 3.57. The van der Waals surface area contributed by atoms with Gasteiger partial charge in [0.2, 0.25) is 5.56 Å². The fraction of sp³-hybridized carbons (Fsp3) is 0.348. The molecule has 5 nitrogen and oxygen atoms in total. The summed E-state index contributed by atoms with van der Waals surface area (Å²) in [7, 11) is 1.69. The van der Waals surface area contributed by atoms with Crippen molar-refractivity contribution in [1.29, 1.82) is 0 Å². The van der Waals surface area contributed by atoms with Gasteiger partial charge in [-0.1, -0.05) is 24.3 Å². The van der Waals surface area contributed by atoms with Crippen LogP contribution in [-0.4, -0.2) is 29.3 Å². The third kappa shape index (κ3) is 5.00. The summed E-state index contributed by atoms with van der Waals surface area (Å²) in [6.07, 6.45) is 1.18. The number of aromatic nitrogens is 1. The van der Waals surface area contributed by atoms with Gasteiger partial charge in [0.25, 0.3) is 0 Å². The average Bonchev–Trinajstić information content (AvgIpc) is 2.70. The first-order valence-corrected chi connectivity index (χ1v) is 9.56. The number of benzene rings is 2. The van der Waals surface area contributed by atoms with E-state index in [1.807, 2.05) is 36.4 Å². The first kappa shape index (κ1) is 20.1. The molecule has 0 fully saturated rings. The Kier molecular flexibility index (Phi) is 6.17. The lowest BCUT2D eigenvalue weighted by Gasteiger charge is -2.28. The molecule has 2 aromatic carbocycles. The SMILES string of the molecule is COc1ccccc1CCC(C)(C)NCC(O)c1ccc2[nH]c(=O)ccc2c1. The van der Waals surface area contributed by atoms with E-state index in [-0.39, 0.29) is 11.1 Å². The highest BCUT2D eigenvalue weighted by Crippen LogP contribution is 2.23. The zero-order valence-electron chi connectivity index (χ0n) is 16.7. The average molecular weight is 380 g/mol. The van der Waals surface area contributed by atoms with E-state index in [0.29, 0.717) is 6.54 Å². The Morgan fingerprint density at radius 3 is 2.71 bits per heavy atom. The van der Waals surface area contributed by atoms with E-state index in [0.717, 1.165) is 35.1 Å². The van der Waals surface area contributed by atoms with E-state index in [9.17, 15) is 9.90 Å². The van der Waals surface area contributed by atoms with Gasteiger partial charge in [0.1, 0.15) is 5.75 Å². The molecule has 0 amide bonds. The second-order valence-electron chi connectivity index (χ2n) is 7.76. The Morgan fingerprint density at radius 1 is 1.14 bits per heavy atom. The van der Waals surface area contributed by atoms with Crippen LogP contribution < -0.4 is 15.6 Å². The molecular formula is C23H28N2O3. The third-order valence-corrected chi connectivity index (χ3v) is 5.12. The summed E-state index contributed by atoms with van der Waals surface area (Å²) in [5, 5.41) is 15.0. The molecule has 148 valence electrons. The van der Waals surface area contributed by atoms with Crippen LogP contribution in [0.15, 0.2) is 59.4 Å². The summed E-state index contributed by atoms with van der Waals surface area (Å²) in [4.78, 5) is 14.2. The van der Waals surface area contributed by atoms with Crippen LogP contribution in [0.2, 0.25) is 0 Å². The normalized spacial score (nSPS) is 12.9. The fourth-order valence-electron chi connectivity index (χ4n) is 3.32. The zero-order chi connectivity index (χ0) is 20.1. The van der Waals surface area contributed by atoms with Crippen molar-refractivity contribution in [3.05, 3.63) is 76.1 Å². The lowest BCUT2D eigenvalue weighted by atomic mass is 9.94. The van der Waals surface area contributed by atoms with Crippen molar-refractivity contribution in [3.63, 3.8) is 0 Å². The molecule has 28 heavy (non-hydrogen) atoms. The molecule has 0 aliphatic carbocycles. The van der Waals surface area contributed by atoms with Crippen LogP contribution in [0.3, 0.4) is 0 Å². The largest absolute Gasteiger partial charge is 0.496 e. The van der Waals surface area contributed by atoms with Gasteiger partial charge in [0, 0.05) is 23.7 Å². The molecule has 0 saturated carbocycles. The molecule has 0 spiro atoms. The molecule has 0 bridgehead atoms. The van der Waals surface area contributed by atoms with Crippen molar-refractivity contribution in [2.45, 2.75) is 38.3 Å².